The van der Waals surface area contributed by atoms with E-state index in [1.54, 1.807) is 18.2 Å². The largest absolute Gasteiger partial charge is 0.492 e. The number of hydrogen-bond acceptors (Lipinski definition) is 3. The highest BCUT2D eigenvalue weighted by Crippen LogP contribution is 2.27. The fourth-order valence-electron chi connectivity index (χ4n) is 1.06. The molecule has 15 heavy (non-hydrogen) atoms. The number of carbonyl (C=O) groups is 1. The van der Waals surface area contributed by atoms with Gasteiger partial charge in [0.25, 0.3) is 0 Å². The topological polar surface area (TPSA) is 64.3 Å². The van der Waals surface area contributed by atoms with Gasteiger partial charge < -0.3 is 15.8 Å². The summed E-state index contributed by atoms with van der Waals surface area (Å²) in [7, 11) is 0. The number of benzene rings is 1. The van der Waals surface area contributed by atoms with E-state index in [9.17, 15) is 4.79 Å². The molecule has 0 bridgehead atoms. The van der Waals surface area contributed by atoms with Crippen molar-refractivity contribution in [2.75, 3.05) is 18.5 Å². The number of amides is 1. The van der Waals surface area contributed by atoms with Crippen molar-refractivity contribution in [3.63, 3.8) is 0 Å². The molecular weight excluding hydrogens is 216 g/mol. The van der Waals surface area contributed by atoms with Crippen LogP contribution in [-0.2, 0) is 4.79 Å². The molecule has 0 radical (unpaired) electrons. The first kappa shape index (κ1) is 11.8. The first-order valence-corrected chi connectivity index (χ1v) is 4.97. The molecule has 1 aromatic rings. The molecule has 1 amide bonds. The van der Waals surface area contributed by atoms with Crippen LogP contribution >= 0.6 is 11.6 Å². The smallest absolute Gasteiger partial charge is 0.238 e. The maximum atomic E-state index is 11.0. The summed E-state index contributed by atoms with van der Waals surface area (Å²) in [4.78, 5) is 11.0. The minimum absolute atomic E-state index is 0.0508. The van der Waals surface area contributed by atoms with Crippen molar-refractivity contribution < 1.29 is 9.53 Å². The zero-order valence-electron chi connectivity index (χ0n) is 8.42. The van der Waals surface area contributed by atoms with Gasteiger partial charge in [-0.25, -0.2) is 0 Å². The molecule has 0 aliphatic heterocycles. The molecule has 3 N–H and O–H groups in total. The second-order valence-corrected chi connectivity index (χ2v) is 3.24. The van der Waals surface area contributed by atoms with Gasteiger partial charge in [0.2, 0.25) is 5.91 Å². The third-order valence-corrected chi connectivity index (χ3v) is 2.00. The fourth-order valence-corrected chi connectivity index (χ4v) is 1.30. The van der Waals surface area contributed by atoms with Gasteiger partial charge in [-0.05, 0) is 25.1 Å². The first-order valence-electron chi connectivity index (χ1n) is 4.59. The molecule has 1 aromatic carbocycles. The highest BCUT2D eigenvalue weighted by atomic mass is 35.5. The molecule has 0 spiro atoms. The fraction of sp³-hybridized carbons (Fsp3) is 0.300. The quantitative estimate of drug-likeness (QED) is 0.824. The molecule has 0 aliphatic rings. The van der Waals surface area contributed by atoms with Crippen molar-refractivity contribution in [3.8, 4) is 5.75 Å². The van der Waals surface area contributed by atoms with Crippen LogP contribution in [0.1, 0.15) is 6.92 Å². The number of ether oxygens (including phenoxy) is 1. The molecule has 0 saturated carbocycles. The van der Waals surface area contributed by atoms with E-state index in [2.05, 4.69) is 5.32 Å². The SMILES string of the molecule is CCOc1ccc(NC(=O)CN)cc1Cl. The van der Waals surface area contributed by atoms with Crippen molar-refractivity contribution in [3.05, 3.63) is 23.2 Å². The normalized spacial score (nSPS) is 9.80. The molecule has 0 saturated heterocycles. The number of rotatable bonds is 4. The third-order valence-electron chi connectivity index (χ3n) is 1.70. The highest BCUT2D eigenvalue weighted by Gasteiger charge is 2.04. The average molecular weight is 229 g/mol. The molecule has 0 aliphatic carbocycles. The Balaban J connectivity index is 2.77. The lowest BCUT2D eigenvalue weighted by Gasteiger charge is -2.08. The number of nitrogens with two attached hydrogens (primary N) is 1. The van der Waals surface area contributed by atoms with Crippen molar-refractivity contribution >= 4 is 23.2 Å². The molecule has 1 rings (SSSR count). The van der Waals surface area contributed by atoms with Crippen LogP contribution < -0.4 is 15.8 Å². The minimum Gasteiger partial charge on any atom is -0.492 e. The van der Waals surface area contributed by atoms with E-state index in [0.717, 1.165) is 0 Å². The van der Waals surface area contributed by atoms with E-state index >= 15 is 0 Å². The summed E-state index contributed by atoms with van der Waals surface area (Å²) >= 11 is 5.93. The van der Waals surface area contributed by atoms with E-state index in [1.807, 2.05) is 6.92 Å². The van der Waals surface area contributed by atoms with Gasteiger partial charge >= 0.3 is 0 Å². The highest BCUT2D eigenvalue weighted by molar-refractivity contribution is 6.32. The average Bonchev–Trinajstić information content (AvgIpc) is 2.22. The second kappa shape index (κ2) is 5.58. The Morgan fingerprint density at radius 2 is 2.33 bits per heavy atom. The van der Waals surface area contributed by atoms with Crippen molar-refractivity contribution in [1.29, 1.82) is 0 Å². The monoisotopic (exact) mass is 228 g/mol. The Bertz CT molecular complexity index is 355. The molecule has 5 heteroatoms. The molecule has 0 fully saturated rings. The van der Waals surface area contributed by atoms with Gasteiger partial charge in [0.15, 0.2) is 0 Å². The predicted octanol–water partition coefficient (Wildman–Crippen LogP) is 1.64. The lowest BCUT2D eigenvalue weighted by Crippen LogP contribution is -2.21. The summed E-state index contributed by atoms with van der Waals surface area (Å²) in [6.45, 7) is 2.37. The molecule has 0 atom stereocenters. The van der Waals surface area contributed by atoms with Gasteiger partial charge in [-0.1, -0.05) is 11.6 Å². The molecule has 4 nitrogen and oxygen atoms in total. The Morgan fingerprint density at radius 1 is 1.60 bits per heavy atom. The van der Waals surface area contributed by atoms with E-state index in [1.165, 1.54) is 0 Å². The van der Waals surface area contributed by atoms with E-state index in [-0.39, 0.29) is 12.5 Å². The van der Waals surface area contributed by atoms with Crippen LogP contribution in [0.2, 0.25) is 5.02 Å². The number of hydrogen-bond donors (Lipinski definition) is 2. The van der Waals surface area contributed by atoms with E-state index < -0.39 is 0 Å². The summed E-state index contributed by atoms with van der Waals surface area (Å²) in [6, 6.07) is 5.04. The first-order chi connectivity index (χ1) is 7.17. The number of anilines is 1. The summed E-state index contributed by atoms with van der Waals surface area (Å²) < 4.78 is 5.25. The molecule has 0 unspecified atom stereocenters. The number of nitrogens with one attached hydrogen (secondary N) is 1. The minimum atomic E-state index is -0.254. The van der Waals surface area contributed by atoms with Crippen LogP contribution in [0.4, 0.5) is 5.69 Å². The zero-order valence-corrected chi connectivity index (χ0v) is 9.17. The van der Waals surface area contributed by atoms with Crippen LogP contribution in [0, 0.1) is 0 Å². The molecule has 0 aromatic heterocycles. The van der Waals surface area contributed by atoms with E-state index in [4.69, 9.17) is 22.1 Å². The summed E-state index contributed by atoms with van der Waals surface area (Å²) in [6.07, 6.45) is 0. The van der Waals surface area contributed by atoms with Gasteiger partial charge in [-0.3, -0.25) is 4.79 Å². The lowest BCUT2D eigenvalue weighted by molar-refractivity contribution is -0.114. The summed E-state index contributed by atoms with van der Waals surface area (Å²) in [5, 5.41) is 3.06. The van der Waals surface area contributed by atoms with Crippen LogP contribution in [0.5, 0.6) is 5.75 Å². The van der Waals surface area contributed by atoms with Crippen LogP contribution in [0.3, 0.4) is 0 Å². The molecule has 0 heterocycles. The third kappa shape index (κ3) is 3.42. The Morgan fingerprint density at radius 3 is 2.87 bits per heavy atom. The Hall–Kier alpha value is -1.26. The van der Waals surface area contributed by atoms with Crippen LogP contribution in [-0.4, -0.2) is 19.1 Å². The van der Waals surface area contributed by atoms with Crippen LogP contribution in [0.15, 0.2) is 18.2 Å². The number of carbonyl (C=O) groups excluding carboxylic acids is 1. The Kier molecular flexibility index (Phi) is 4.39. The van der Waals surface area contributed by atoms with Gasteiger partial charge in [-0.15, -0.1) is 0 Å². The maximum Gasteiger partial charge on any atom is 0.238 e. The van der Waals surface area contributed by atoms with Gasteiger partial charge in [0.05, 0.1) is 18.2 Å². The van der Waals surface area contributed by atoms with Crippen molar-refractivity contribution in [2.45, 2.75) is 6.92 Å². The standard InChI is InChI=1S/C10H13ClN2O2/c1-2-15-9-4-3-7(5-8(9)11)13-10(14)6-12/h3-5H,2,6,12H2,1H3,(H,13,14). The predicted molar refractivity (Wildman–Crippen MR) is 60.3 cm³/mol. The van der Waals surface area contributed by atoms with Gasteiger partial charge in [-0.2, -0.15) is 0 Å². The maximum absolute atomic E-state index is 11.0. The van der Waals surface area contributed by atoms with Crippen molar-refractivity contribution in [1.82, 2.24) is 0 Å². The molecule has 82 valence electrons. The zero-order chi connectivity index (χ0) is 11.3. The Labute approximate surface area is 93.4 Å². The van der Waals surface area contributed by atoms with Gasteiger partial charge in [0, 0.05) is 5.69 Å². The molecular formula is C10H13ClN2O2. The summed E-state index contributed by atoms with van der Waals surface area (Å²) in [5.74, 6) is 0.347. The number of halogens is 1. The summed E-state index contributed by atoms with van der Waals surface area (Å²) in [5.41, 5.74) is 5.78. The van der Waals surface area contributed by atoms with E-state index in [0.29, 0.717) is 23.1 Å². The van der Waals surface area contributed by atoms with Gasteiger partial charge in [0.1, 0.15) is 5.75 Å². The lowest BCUT2D eigenvalue weighted by atomic mass is 10.3. The second-order valence-electron chi connectivity index (χ2n) is 2.83. The van der Waals surface area contributed by atoms with Crippen LogP contribution in [0.25, 0.3) is 0 Å². The van der Waals surface area contributed by atoms with Crippen molar-refractivity contribution in [2.24, 2.45) is 5.73 Å².